The second kappa shape index (κ2) is 10.7. The van der Waals surface area contributed by atoms with Crippen molar-refractivity contribution >= 4 is 23.7 Å². The topological polar surface area (TPSA) is 71.1 Å². The van der Waals surface area contributed by atoms with E-state index in [0.29, 0.717) is 23.0 Å². The molecule has 6 nitrogen and oxygen atoms in total. The molecule has 0 aliphatic carbocycles. The van der Waals surface area contributed by atoms with Gasteiger partial charge in [0.25, 0.3) is 0 Å². The fraction of sp³-hybridized carbons (Fsp3) is 0.217. The van der Waals surface area contributed by atoms with Crippen LogP contribution in [-0.2, 0) is 9.59 Å². The SMILES string of the molecule is COc1cc(C=CC(C)=O)ccc1OCOc1ccc(C=CC(C)=O)cc1OC. The van der Waals surface area contributed by atoms with Crippen molar-refractivity contribution in [2.45, 2.75) is 13.8 Å². The normalized spacial score (nSPS) is 10.9. The molecule has 0 radical (unpaired) electrons. The van der Waals surface area contributed by atoms with E-state index in [1.165, 1.54) is 40.2 Å². The molecule has 0 unspecified atom stereocenters. The molecule has 0 spiro atoms. The first-order valence-corrected chi connectivity index (χ1v) is 8.92. The van der Waals surface area contributed by atoms with Crippen molar-refractivity contribution in [1.29, 1.82) is 0 Å². The Bertz CT molecular complexity index is 851. The monoisotopic (exact) mass is 396 g/mol. The fourth-order valence-corrected chi connectivity index (χ4v) is 2.40. The number of rotatable bonds is 10. The molecule has 0 heterocycles. The maximum atomic E-state index is 11.1. The molecule has 0 aliphatic rings. The summed E-state index contributed by atoms with van der Waals surface area (Å²) in [5, 5.41) is 0. The lowest BCUT2D eigenvalue weighted by molar-refractivity contribution is -0.113. The second-order valence-electron chi connectivity index (χ2n) is 6.12. The molecule has 2 rings (SSSR count). The molecule has 0 saturated carbocycles. The average molecular weight is 396 g/mol. The Morgan fingerprint density at radius 2 is 1.14 bits per heavy atom. The van der Waals surface area contributed by atoms with E-state index in [9.17, 15) is 9.59 Å². The summed E-state index contributed by atoms with van der Waals surface area (Å²) in [6, 6.07) is 10.7. The highest BCUT2D eigenvalue weighted by atomic mass is 16.7. The van der Waals surface area contributed by atoms with Crippen LogP contribution in [0.5, 0.6) is 23.0 Å². The van der Waals surface area contributed by atoms with Crippen LogP contribution in [0, 0.1) is 0 Å². The van der Waals surface area contributed by atoms with Gasteiger partial charge in [-0.15, -0.1) is 0 Å². The maximum absolute atomic E-state index is 11.1. The first-order valence-electron chi connectivity index (χ1n) is 8.92. The fourth-order valence-electron chi connectivity index (χ4n) is 2.40. The van der Waals surface area contributed by atoms with Gasteiger partial charge in [-0.1, -0.05) is 24.3 Å². The van der Waals surface area contributed by atoms with Gasteiger partial charge in [0.15, 0.2) is 34.6 Å². The molecular formula is C23H24O6. The van der Waals surface area contributed by atoms with Crippen LogP contribution in [0.3, 0.4) is 0 Å². The number of ether oxygens (including phenoxy) is 4. The highest BCUT2D eigenvalue weighted by molar-refractivity contribution is 5.92. The van der Waals surface area contributed by atoms with Crippen LogP contribution < -0.4 is 18.9 Å². The third kappa shape index (κ3) is 6.84. The summed E-state index contributed by atoms with van der Waals surface area (Å²) in [6.07, 6.45) is 6.39. The van der Waals surface area contributed by atoms with E-state index < -0.39 is 0 Å². The highest BCUT2D eigenvalue weighted by Gasteiger charge is 2.08. The van der Waals surface area contributed by atoms with Gasteiger partial charge in [0.1, 0.15) is 0 Å². The molecule has 0 aromatic heterocycles. The molecule has 0 amide bonds. The number of carbonyl (C=O) groups excluding carboxylic acids is 2. The van der Waals surface area contributed by atoms with Gasteiger partial charge in [-0.2, -0.15) is 0 Å². The molecule has 29 heavy (non-hydrogen) atoms. The van der Waals surface area contributed by atoms with Crippen LogP contribution in [0.1, 0.15) is 25.0 Å². The van der Waals surface area contributed by atoms with E-state index >= 15 is 0 Å². The van der Waals surface area contributed by atoms with E-state index in [2.05, 4.69) is 0 Å². The smallest absolute Gasteiger partial charge is 0.231 e. The zero-order valence-electron chi connectivity index (χ0n) is 16.9. The molecule has 0 N–H and O–H groups in total. The number of hydrogen-bond acceptors (Lipinski definition) is 6. The molecule has 0 aliphatic heterocycles. The van der Waals surface area contributed by atoms with Gasteiger partial charge in [0.05, 0.1) is 14.2 Å². The van der Waals surface area contributed by atoms with Gasteiger partial charge in [0, 0.05) is 0 Å². The summed E-state index contributed by atoms with van der Waals surface area (Å²) >= 11 is 0. The van der Waals surface area contributed by atoms with Gasteiger partial charge in [-0.25, -0.2) is 0 Å². The number of benzene rings is 2. The van der Waals surface area contributed by atoms with E-state index in [4.69, 9.17) is 18.9 Å². The predicted octanol–water partition coefficient (Wildman–Crippen LogP) is 4.32. The van der Waals surface area contributed by atoms with Crippen molar-refractivity contribution < 1.29 is 28.5 Å². The molecule has 152 valence electrons. The van der Waals surface area contributed by atoms with E-state index in [0.717, 1.165) is 11.1 Å². The van der Waals surface area contributed by atoms with E-state index in [1.807, 2.05) is 12.1 Å². The maximum Gasteiger partial charge on any atom is 0.231 e. The largest absolute Gasteiger partial charge is 0.493 e. The highest BCUT2D eigenvalue weighted by Crippen LogP contribution is 2.31. The van der Waals surface area contributed by atoms with Crippen molar-refractivity contribution in [3.8, 4) is 23.0 Å². The van der Waals surface area contributed by atoms with Crippen LogP contribution in [0.15, 0.2) is 48.6 Å². The number of ketones is 2. The van der Waals surface area contributed by atoms with Crippen LogP contribution in [0.4, 0.5) is 0 Å². The molecule has 2 aromatic carbocycles. The minimum absolute atomic E-state index is 0.0329. The van der Waals surface area contributed by atoms with Gasteiger partial charge in [0.2, 0.25) is 6.79 Å². The first-order chi connectivity index (χ1) is 13.9. The lowest BCUT2D eigenvalue weighted by atomic mass is 10.1. The van der Waals surface area contributed by atoms with Crippen molar-refractivity contribution in [3.05, 3.63) is 59.7 Å². The predicted molar refractivity (Wildman–Crippen MR) is 112 cm³/mol. The average Bonchev–Trinajstić information content (AvgIpc) is 2.71. The quantitative estimate of drug-likeness (QED) is 0.440. The summed E-state index contributed by atoms with van der Waals surface area (Å²) in [6.45, 7) is 2.92. The third-order valence-corrected chi connectivity index (χ3v) is 3.83. The molecular weight excluding hydrogens is 372 g/mol. The second-order valence-corrected chi connectivity index (χ2v) is 6.12. The Labute approximate surface area is 170 Å². The zero-order chi connectivity index (χ0) is 21.2. The summed E-state index contributed by atoms with van der Waals surface area (Å²) in [7, 11) is 3.08. The van der Waals surface area contributed by atoms with Crippen molar-refractivity contribution in [2.24, 2.45) is 0 Å². The lowest BCUT2D eigenvalue weighted by Gasteiger charge is -2.14. The Balaban J connectivity index is 2.05. The summed E-state index contributed by atoms with van der Waals surface area (Å²) in [5.74, 6) is 2.00. The van der Waals surface area contributed by atoms with Crippen molar-refractivity contribution in [1.82, 2.24) is 0 Å². The zero-order valence-corrected chi connectivity index (χ0v) is 16.9. The van der Waals surface area contributed by atoms with Crippen LogP contribution >= 0.6 is 0 Å². The molecule has 0 fully saturated rings. The molecule has 6 heteroatoms. The number of allylic oxidation sites excluding steroid dienone is 2. The van der Waals surface area contributed by atoms with Crippen molar-refractivity contribution in [2.75, 3.05) is 21.0 Å². The Kier molecular flexibility index (Phi) is 8.03. The summed E-state index contributed by atoms with van der Waals surface area (Å²) in [5.41, 5.74) is 1.64. The van der Waals surface area contributed by atoms with E-state index in [-0.39, 0.29) is 18.4 Å². The number of methoxy groups -OCH3 is 2. The van der Waals surface area contributed by atoms with E-state index in [1.54, 1.807) is 36.4 Å². The molecule has 0 saturated heterocycles. The molecule has 0 atom stereocenters. The first kappa shape index (κ1) is 21.8. The van der Waals surface area contributed by atoms with Crippen molar-refractivity contribution in [3.63, 3.8) is 0 Å². The molecule has 0 bridgehead atoms. The number of carbonyl (C=O) groups is 2. The summed E-state index contributed by atoms with van der Waals surface area (Å²) in [4.78, 5) is 22.1. The van der Waals surface area contributed by atoms with Crippen LogP contribution in [0.2, 0.25) is 0 Å². The third-order valence-electron chi connectivity index (χ3n) is 3.83. The number of hydrogen-bond donors (Lipinski definition) is 0. The lowest BCUT2D eigenvalue weighted by Crippen LogP contribution is -2.07. The van der Waals surface area contributed by atoms with Gasteiger partial charge >= 0.3 is 0 Å². The Morgan fingerprint density at radius 1 is 0.724 bits per heavy atom. The minimum atomic E-state index is -0.0576. The van der Waals surface area contributed by atoms with Gasteiger partial charge < -0.3 is 18.9 Å². The minimum Gasteiger partial charge on any atom is -0.493 e. The summed E-state index contributed by atoms with van der Waals surface area (Å²) < 4.78 is 22.0. The Morgan fingerprint density at radius 3 is 1.48 bits per heavy atom. The van der Waals surface area contributed by atoms with Crippen LogP contribution in [0.25, 0.3) is 12.2 Å². The molecule has 2 aromatic rings. The van der Waals surface area contributed by atoms with Crippen LogP contribution in [-0.4, -0.2) is 32.6 Å². The Hall–Kier alpha value is -3.54. The van der Waals surface area contributed by atoms with Gasteiger partial charge in [-0.05, 0) is 61.4 Å². The van der Waals surface area contributed by atoms with Gasteiger partial charge in [-0.3, -0.25) is 9.59 Å². The standard InChI is InChI=1S/C23H24O6/c1-16(24)5-7-18-9-11-20(22(13-18)26-3)28-15-29-21-12-10-19(8-6-17(2)25)14-23(21)27-4/h5-14H,15H2,1-4H3.